The molecule has 0 aliphatic carbocycles. The van der Waals surface area contributed by atoms with Crippen LogP contribution in [0.25, 0.3) is 0 Å². The fourth-order valence-corrected chi connectivity index (χ4v) is 2.23. The van der Waals surface area contributed by atoms with Crippen LogP contribution in [0.4, 0.5) is 11.6 Å². The number of amides is 1. The van der Waals surface area contributed by atoms with Gasteiger partial charge in [0.2, 0.25) is 5.91 Å². The molecular weight excluding hydrogens is 270 g/mol. The maximum Gasteiger partial charge on any atom is 0.241 e. The van der Waals surface area contributed by atoms with Gasteiger partial charge in [-0.15, -0.1) is 0 Å². The summed E-state index contributed by atoms with van der Waals surface area (Å²) >= 11 is 0. The van der Waals surface area contributed by atoms with Gasteiger partial charge in [-0.25, -0.2) is 9.97 Å². The number of aliphatic hydroxyl groups excluding tert-OH is 1. The molecule has 116 valence electrons. The number of nitrogens with zero attached hydrogens (tertiary/aromatic N) is 4. The standard InChI is InChI=1S/C14H23N5O2/c1-3-4-11(20)8-15-12-7-13(17-10-16-12)19-6-5-18(2)14(21)9-19/h7,10-11,20H,3-6,8-9H2,1-2H3,(H,15,16,17). The summed E-state index contributed by atoms with van der Waals surface area (Å²) < 4.78 is 0. The number of likely N-dealkylation sites (N-methyl/N-ethyl adjacent to an activating group) is 1. The molecule has 1 saturated heterocycles. The number of hydrogen-bond acceptors (Lipinski definition) is 6. The van der Waals surface area contributed by atoms with Gasteiger partial charge in [0.1, 0.15) is 18.0 Å². The Morgan fingerprint density at radius 3 is 2.95 bits per heavy atom. The molecule has 1 aliphatic rings. The molecule has 1 aromatic rings. The summed E-state index contributed by atoms with van der Waals surface area (Å²) in [5.74, 6) is 1.49. The second-order valence-electron chi connectivity index (χ2n) is 5.32. The lowest BCUT2D eigenvalue weighted by molar-refractivity contribution is -0.129. The van der Waals surface area contributed by atoms with Crippen molar-refractivity contribution in [1.29, 1.82) is 0 Å². The maximum absolute atomic E-state index is 11.7. The molecule has 0 aromatic carbocycles. The number of nitrogens with one attached hydrogen (secondary N) is 1. The smallest absolute Gasteiger partial charge is 0.241 e. The van der Waals surface area contributed by atoms with E-state index in [0.717, 1.165) is 25.2 Å². The van der Waals surface area contributed by atoms with Gasteiger partial charge < -0.3 is 20.2 Å². The summed E-state index contributed by atoms with van der Waals surface area (Å²) in [6.45, 7) is 4.30. The van der Waals surface area contributed by atoms with E-state index in [2.05, 4.69) is 15.3 Å². The van der Waals surface area contributed by atoms with E-state index < -0.39 is 0 Å². The SMILES string of the molecule is CCCC(O)CNc1cc(N2CCN(C)C(=O)C2)ncn1. The van der Waals surface area contributed by atoms with Gasteiger partial charge in [-0.3, -0.25) is 4.79 Å². The van der Waals surface area contributed by atoms with E-state index in [1.165, 1.54) is 6.33 Å². The number of rotatable bonds is 6. The Bertz CT molecular complexity index is 482. The van der Waals surface area contributed by atoms with Gasteiger partial charge in [0.05, 0.1) is 12.6 Å². The zero-order valence-electron chi connectivity index (χ0n) is 12.6. The minimum absolute atomic E-state index is 0.0905. The van der Waals surface area contributed by atoms with Crippen LogP contribution in [-0.4, -0.2) is 65.2 Å². The third-order valence-electron chi connectivity index (χ3n) is 3.57. The zero-order valence-corrected chi connectivity index (χ0v) is 12.6. The highest BCUT2D eigenvalue weighted by atomic mass is 16.3. The van der Waals surface area contributed by atoms with Crippen LogP contribution in [0.3, 0.4) is 0 Å². The van der Waals surface area contributed by atoms with Crippen molar-refractivity contribution in [2.75, 3.05) is 43.4 Å². The Labute approximate surface area is 125 Å². The number of aliphatic hydroxyl groups is 1. The minimum Gasteiger partial charge on any atom is -0.391 e. The fourth-order valence-electron chi connectivity index (χ4n) is 2.23. The summed E-state index contributed by atoms with van der Waals surface area (Å²) in [5, 5.41) is 12.8. The Kier molecular flexibility index (Phi) is 5.32. The minimum atomic E-state index is -0.376. The van der Waals surface area contributed by atoms with Gasteiger partial charge in [-0.05, 0) is 6.42 Å². The van der Waals surface area contributed by atoms with E-state index in [1.54, 1.807) is 4.90 Å². The van der Waals surface area contributed by atoms with Gasteiger partial charge >= 0.3 is 0 Å². The molecule has 1 unspecified atom stereocenters. The van der Waals surface area contributed by atoms with E-state index in [4.69, 9.17) is 0 Å². The topological polar surface area (TPSA) is 81.6 Å². The first-order valence-electron chi connectivity index (χ1n) is 7.33. The summed E-state index contributed by atoms with van der Waals surface area (Å²) in [5.41, 5.74) is 0. The maximum atomic E-state index is 11.7. The van der Waals surface area contributed by atoms with Crippen molar-refractivity contribution in [3.63, 3.8) is 0 Å². The molecule has 1 fully saturated rings. The Hall–Kier alpha value is -1.89. The van der Waals surface area contributed by atoms with E-state index in [1.807, 2.05) is 24.9 Å². The van der Waals surface area contributed by atoms with Gasteiger partial charge in [-0.2, -0.15) is 0 Å². The molecule has 2 heterocycles. The van der Waals surface area contributed by atoms with Crippen LogP contribution in [0.2, 0.25) is 0 Å². The first-order valence-corrected chi connectivity index (χ1v) is 7.33. The average Bonchev–Trinajstić information content (AvgIpc) is 2.49. The molecule has 7 heteroatoms. The molecule has 0 spiro atoms. The van der Waals surface area contributed by atoms with E-state index in [9.17, 15) is 9.90 Å². The lowest BCUT2D eigenvalue weighted by Gasteiger charge is -2.32. The van der Waals surface area contributed by atoms with Crippen molar-refractivity contribution in [2.45, 2.75) is 25.9 Å². The van der Waals surface area contributed by atoms with Crippen molar-refractivity contribution in [3.8, 4) is 0 Å². The van der Waals surface area contributed by atoms with Crippen LogP contribution in [-0.2, 0) is 4.79 Å². The second-order valence-corrected chi connectivity index (χ2v) is 5.32. The lowest BCUT2D eigenvalue weighted by atomic mass is 10.2. The molecule has 7 nitrogen and oxygen atoms in total. The number of anilines is 2. The third kappa shape index (κ3) is 4.29. The molecule has 21 heavy (non-hydrogen) atoms. The molecule has 1 atom stereocenters. The highest BCUT2D eigenvalue weighted by molar-refractivity contribution is 5.82. The van der Waals surface area contributed by atoms with Crippen molar-refractivity contribution >= 4 is 17.5 Å². The zero-order chi connectivity index (χ0) is 15.2. The number of aromatic nitrogens is 2. The summed E-state index contributed by atoms with van der Waals surface area (Å²) in [6, 6.07) is 1.82. The predicted molar refractivity (Wildman–Crippen MR) is 81.3 cm³/mol. The lowest BCUT2D eigenvalue weighted by Crippen LogP contribution is -2.48. The summed E-state index contributed by atoms with van der Waals surface area (Å²) in [7, 11) is 1.81. The van der Waals surface area contributed by atoms with Crippen LogP contribution < -0.4 is 10.2 Å². The Morgan fingerprint density at radius 1 is 1.43 bits per heavy atom. The number of piperazine rings is 1. The van der Waals surface area contributed by atoms with Gasteiger partial charge in [0, 0.05) is 32.7 Å². The largest absolute Gasteiger partial charge is 0.391 e. The Morgan fingerprint density at radius 2 is 2.24 bits per heavy atom. The highest BCUT2D eigenvalue weighted by Crippen LogP contribution is 2.16. The summed E-state index contributed by atoms with van der Waals surface area (Å²) in [6.07, 6.45) is 2.81. The third-order valence-corrected chi connectivity index (χ3v) is 3.57. The van der Waals surface area contributed by atoms with Crippen LogP contribution in [0.15, 0.2) is 12.4 Å². The molecule has 1 amide bonds. The molecule has 1 aliphatic heterocycles. The number of carbonyl (C=O) groups excluding carboxylic acids is 1. The van der Waals surface area contributed by atoms with Crippen LogP contribution in [0, 0.1) is 0 Å². The fraction of sp³-hybridized carbons (Fsp3) is 0.643. The number of carbonyl (C=O) groups is 1. The Balaban J connectivity index is 1.96. The second kappa shape index (κ2) is 7.21. The first-order chi connectivity index (χ1) is 10.1. The molecule has 0 bridgehead atoms. The number of hydrogen-bond donors (Lipinski definition) is 2. The normalized spacial score (nSPS) is 17.0. The molecule has 2 rings (SSSR count). The monoisotopic (exact) mass is 293 g/mol. The van der Waals surface area contributed by atoms with E-state index in [-0.39, 0.29) is 12.0 Å². The predicted octanol–water partition coefficient (Wildman–Crippen LogP) is 0.328. The molecule has 0 radical (unpaired) electrons. The van der Waals surface area contributed by atoms with Gasteiger partial charge in [0.15, 0.2) is 0 Å². The first kappa shape index (κ1) is 15.5. The van der Waals surface area contributed by atoms with Crippen LogP contribution >= 0.6 is 0 Å². The van der Waals surface area contributed by atoms with E-state index in [0.29, 0.717) is 25.5 Å². The molecule has 1 aromatic heterocycles. The van der Waals surface area contributed by atoms with Crippen LogP contribution in [0.5, 0.6) is 0 Å². The van der Waals surface area contributed by atoms with Crippen molar-refractivity contribution in [3.05, 3.63) is 12.4 Å². The van der Waals surface area contributed by atoms with Gasteiger partial charge in [0.25, 0.3) is 0 Å². The molecule has 0 saturated carbocycles. The highest BCUT2D eigenvalue weighted by Gasteiger charge is 2.22. The molecular formula is C14H23N5O2. The van der Waals surface area contributed by atoms with Crippen molar-refractivity contribution in [1.82, 2.24) is 14.9 Å². The van der Waals surface area contributed by atoms with E-state index >= 15 is 0 Å². The van der Waals surface area contributed by atoms with Crippen LogP contribution in [0.1, 0.15) is 19.8 Å². The molecule has 2 N–H and O–H groups in total. The van der Waals surface area contributed by atoms with Gasteiger partial charge in [-0.1, -0.05) is 13.3 Å². The quantitative estimate of drug-likeness (QED) is 0.786. The summed E-state index contributed by atoms with van der Waals surface area (Å²) in [4.78, 5) is 23.8. The average molecular weight is 293 g/mol. The van der Waals surface area contributed by atoms with Crippen molar-refractivity contribution < 1.29 is 9.90 Å². The van der Waals surface area contributed by atoms with Crippen molar-refractivity contribution in [2.24, 2.45) is 0 Å².